The Balaban J connectivity index is 0.000000446. The Hall–Kier alpha value is -1.76. The molecule has 0 saturated heterocycles. The standard InChI is InChI=1S/C6H13NO3S.C6H8O7/c8-11(9,10)7-6-4-2-1-3-5-6;7-3(8)1-6(13,5(11)12)2-4(9)10/h6-7H,1-5H2,(H,8,9,10);13H,1-2H2,(H,7,8)(H,9,10)(H,11,12). The molecule has 140 valence electrons. The number of carboxylic acids is 3. The topological polar surface area (TPSA) is 199 Å². The molecule has 1 saturated carbocycles. The van der Waals surface area contributed by atoms with Crippen LogP contribution in [0.2, 0.25) is 0 Å². The summed E-state index contributed by atoms with van der Waals surface area (Å²) in [7, 11) is -3.97. The van der Waals surface area contributed by atoms with E-state index < -0.39 is 46.7 Å². The van der Waals surface area contributed by atoms with Gasteiger partial charge in [-0.15, -0.1) is 0 Å². The average Bonchev–Trinajstić information content (AvgIpc) is 2.36. The van der Waals surface area contributed by atoms with E-state index in [0.717, 1.165) is 25.7 Å². The normalized spacial score (nSPS) is 15.9. The van der Waals surface area contributed by atoms with Crippen molar-refractivity contribution in [2.75, 3.05) is 0 Å². The Morgan fingerprint density at radius 2 is 1.38 bits per heavy atom. The van der Waals surface area contributed by atoms with Crippen LogP contribution in [-0.2, 0) is 24.7 Å². The van der Waals surface area contributed by atoms with Gasteiger partial charge >= 0.3 is 28.2 Å². The maximum atomic E-state index is 10.3. The minimum Gasteiger partial charge on any atom is -0.481 e. The highest BCUT2D eigenvalue weighted by Gasteiger charge is 2.40. The molecule has 0 radical (unpaired) electrons. The van der Waals surface area contributed by atoms with E-state index in [1.54, 1.807) is 0 Å². The molecule has 1 aliphatic carbocycles. The van der Waals surface area contributed by atoms with Crippen LogP contribution in [0.3, 0.4) is 0 Å². The van der Waals surface area contributed by atoms with E-state index in [2.05, 4.69) is 4.72 Å². The summed E-state index contributed by atoms with van der Waals surface area (Å²) in [6.45, 7) is 0. The van der Waals surface area contributed by atoms with Gasteiger partial charge in [0.25, 0.3) is 0 Å². The second-order valence-electron chi connectivity index (χ2n) is 5.41. The van der Waals surface area contributed by atoms with Gasteiger partial charge in [-0.2, -0.15) is 13.1 Å². The molecule has 0 unspecified atom stereocenters. The lowest BCUT2D eigenvalue weighted by atomic mass is 9.96. The van der Waals surface area contributed by atoms with Crippen molar-refractivity contribution in [3.8, 4) is 0 Å². The van der Waals surface area contributed by atoms with Crippen molar-refractivity contribution in [3.63, 3.8) is 0 Å². The molecule has 0 atom stereocenters. The lowest BCUT2D eigenvalue weighted by Gasteiger charge is -2.20. The molecular weight excluding hydrogens is 350 g/mol. The molecule has 0 amide bonds. The Labute approximate surface area is 138 Å². The van der Waals surface area contributed by atoms with Crippen molar-refractivity contribution < 1.29 is 47.8 Å². The largest absolute Gasteiger partial charge is 0.481 e. The van der Waals surface area contributed by atoms with Gasteiger partial charge in [0.15, 0.2) is 5.60 Å². The zero-order valence-corrected chi connectivity index (χ0v) is 13.5. The number of rotatable bonds is 7. The Morgan fingerprint density at radius 3 is 1.67 bits per heavy atom. The van der Waals surface area contributed by atoms with Gasteiger partial charge in [-0.25, -0.2) is 4.79 Å². The summed E-state index contributed by atoms with van der Waals surface area (Å²) in [6, 6.07) is -0.0428. The molecule has 6 N–H and O–H groups in total. The predicted octanol–water partition coefficient (Wildman–Crippen LogP) is -0.537. The van der Waals surface area contributed by atoms with Gasteiger partial charge in [-0.1, -0.05) is 19.3 Å². The van der Waals surface area contributed by atoms with E-state index in [0.29, 0.717) is 0 Å². The summed E-state index contributed by atoms with van der Waals surface area (Å²) in [5.41, 5.74) is -2.74. The van der Waals surface area contributed by atoms with Crippen LogP contribution in [0.15, 0.2) is 0 Å². The number of hydrogen-bond donors (Lipinski definition) is 6. The van der Waals surface area contributed by atoms with E-state index in [1.165, 1.54) is 6.42 Å². The molecule has 0 heterocycles. The third kappa shape index (κ3) is 10.1. The number of hydrogen-bond acceptors (Lipinski definition) is 6. The SMILES string of the molecule is O=C(O)CC(O)(CC(=O)O)C(=O)O.O=S(=O)(O)NC1CCCCC1. The van der Waals surface area contributed by atoms with Crippen LogP contribution >= 0.6 is 0 Å². The molecule has 0 spiro atoms. The minimum atomic E-state index is -3.97. The number of aliphatic carboxylic acids is 3. The van der Waals surface area contributed by atoms with Crippen molar-refractivity contribution in [2.45, 2.75) is 56.6 Å². The third-order valence-corrected chi connectivity index (χ3v) is 3.84. The zero-order chi connectivity index (χ0) is 19.0. The molecule has 0 aromatic carbocycles. The number of carboxylic acid groups (broad SMARTS) is 3. The van der Waals surface area contributed by atoms with Crippen LogP contribution in [-0.4, -0.2) is 62.9 Å². The molecule has 11 nitrogen and oxygen atoms in total. The zero-order valence-electron chi connectivity index (χ0n) is 12.7. The van der Waals surface area contributed by atoms with Gasteiger partial charge in [-0.3, -0.25) is 14.1 Å². The maximum Gasteiger partial charge on any atom is 0.336 e. The van der Waals surface area contributed by atoms with Crippen LogP contribution < -0.4 is 4.72 Å². The van der Waals surface area contributed by atoms with Gasteiger partial charge in [0.05, 0.1) is 12.8 Å². The number of aliphatic hydroxyl groups is 1. The molecular formula is C12H21NO10S. The van der Waals surface area contributed by atoms with Gasteiger partial charge in [0.2, 0.25) is 0 Å². The average molecular weight is 371 g/mol. The highest BCUT2D eigenvalue weighted by atomic mass is 32.2. The lowest BCUT2D eigenvalue weighted by molar-refractivity contribution is -0.170. The minimum absolute atomic E-state index is 0.0428. The predicted molar refractivity (Wildman–Crippen MR) is 78.6 cm³/mol. The fourth-order valence-electron chi connectivity index (χ4n) is 2.15. The quantitative estimate of drug-likeness (QED) is 0.316. The van der Waals surface area contributed by atoms with E-state index in [-0.39, 0.29) is 6.04 Å². The van der Waals surface area contributed by atoms with E-state index in [4.69, 9.17) is 25.0 Å². The maximum absolute atomic E-state index is 10.3. The summed E-state index contributed by atoms with van der Waals surface area (Å²) in [6.07, 6.45) is 2.67. The first kappa shape index (κ1) is 22.2. The van der Waals surface area contributed by atoms with Crippen molar-refractivity contribution in [1.29, 1.82) is 0 Å². The molecule has 12 heteroatoms. The molecule has 1 rings (SSSR count). The second kappa shape index (κ2) is 9.52. The smallest absolute Gasteiger partial charge is 0.336 e. The Kier molecular flexibility index (Phi) is 8.82. The number of carbonyl (C=O) groups is 3. The molecule has 1 aliphatic rings. The first-order chi connectivity index (χ1) is 10.9. The van der Waals surface area contributed by atoms with Crippen molar-refractivity contribution >= 4 is 28.2 Å². The summed E-state index contributed by atoms with van der Waals surface area (Å²) in [4.78, 5) is 30.5. The van der Waals surface area contributed by atoms with Gasteiger partial charge < -0.3 is 20.4 Å². The Morgan fingerprint density at radius 1 is 0.958 bits per heavy atom. The van der Waals surface area contributed by atoms with E-state index >= 15 is 0 Å². The summed E-state index contributed by atoms with van der Waals surface area (Å²) < 4.78 is 31.3. The molecule has 0 aliphatic heterocycles. The monoisotopic (exact) mass is 371 g/mol. The van der Waals surface area contributed by atoms with Crippen LogP contribution in [0.25, 0.3) is 0 Å². The van der Waals surface area contributed by atoms with Crippen LogP contribution in [0.5, 0.6) is 0 Å². The molecule has 0 aromatic heterocycles. The summed E-state index contributed by atoms with van der Waals surface area (Å²) in [5, 5.41) is 33.8. The van der Waals surface area contributed by atoms with Crippen molar-refractivity contribution in [1.82, 2.24) is 4.72 Å². The third-order valence-electron chi connectivity index (χ3n) is 3.21. The highest BCUT2D eigenvalue weighted by Crippen LogP contribution is 2.17. The van der Waals surface area contributed by atoms with Crippen molar-refractivity contribution in [2.24, 2.45) is 0 Å². The first-order valence-corrected chi connectivity index (χ1v) is 8.44. The van der Waals surface area contributed by atoms with Crippen LogP contribution in [0.4, 0.5) is 0 Å². The summed E-state index contributed by atoms with van der Waals surface area (Å²) >= 11 is 0. The highest BCUT2D eigenvalue weighted by molar-refractivity contribution is 7.83. The van der Waals surface area contributed by atoms with E-state index in [9.17, 15) is 22.8 Å². The van der Waals surface area contributed by atoms with Gasteiger partial charge in [0.1, 0.15) is 0 Å². The number of nitrogens with one attached hydrogen (secondary N) is 1. The van der Waals surface area contributed by atoms with Gasteiger partial charge in [-0.05, 0) is 12.8 Å². The summed E-state index contributed by atoms with van der Waals surface area (Å²) in [5.74, 6) is -5.02. The molecule has 0 aromatic rings. The van der Waals surface area contributed by atoms with Crippen molar-refractivity contribution in [3.05, 3.63) is 0 Å². The van der Waals surface area contributed by atoms with E-state index in [1.807, 2.05) is 0 Å². The van der Waals surface area contributed by atoms with Gasteiger partial charge in [0, 0.05) is 6.04 Å². The fourth-order valence-corrected chi connectivity index (χ4v) is 2.80. The van der Waals surface area contributed by atoms with Crippen LogP contribution in [0, 0.1) is 0 Å². The van der Waals surface area contributed by atoms with Crippen LogP contribution in [0.1, 0.15) is 44.9 Å². The second-order valence-corrected chi connectivity index (χ2v) is 6.59. The lowest BCUT2D eigenvalue weighted by Crippen LogP contribution is -2.42. The molecule has 0 bridgehead atoms. The first-order valence-electron chi connectivity index (χ1n) is 7.00. The Bertz CT molecular complexity index is 536. The molecule has 24 heavy (non-hydrogen) atoms. The fraction of sp³-hybridized carbons (Fsp3) is 0.750. The molecule has 1 fully saturated rings.